The van der Waals surface area contributed by atoms with Gasteiger partial charge < -0.3 is 15.7 Å². The second-order valence-corrected chi connectivity index (χ2v) is 5.63. The molecule has 1 aromatic rings. The van der Waals surface area contributed by atoms with Gasteiger partial charge in [-0.05, 0) is 24.0 Å². The van der Waals surface area contributed by atoms with E-state index in [4.69, 9.17) is 0 Å². The first-order chi connectivity index (χ1) is 10.7. The predicted octanol–water partition coefficient (Wildman–Crippen LogP) is 1.63. The number of hydrogen-bond acceptors (Lipinski definition) is 3. The zero-order chi connectivity index (χ0) is 15.8. The molecule has 1 fully saturated rings. The minimum Gasteiger partial charge on any atom is -0.393 e. The highest BCUT2D eigenvalue weighted by atomic mass is 16.3. The molecule has 0 bridgehead atoms. The first kappa shape index (κ1) is 16.5. The number of nitrogens with zero attached hydrogens (tertiary/aromatic N) is 1. The van der Waals surface area contributed by atoms with Gasteiger partial charge in [0.2, 0.25) is 0 Å². The molecule has 120 valence electrons. The van der Waals surface area contributed by atoms with Gasteiger partial charge in [0.15, 0.2) is 0 Å². The van der Waals surface area contributed by atoms with Gasteiger partial charge in [-0.1, -0.05) is 30.3 Å². The summed E-state index contributed by atoms with van der Waals surface area (Å²) >= 11 is 0. The Balaban J connectivity index is 1.89. The van der Waals surface area contributed by atoms with E-state index in [9.17, 15) is 9.90 Å². The number of piperidine rings is 1. The zero-order valence-electron chi connectivity index (χ0n) is 12.9. The number of benzene rings is 1. The van der Waals surface area contributed by atoms with Gasteiger partial charge in [0.05, 0.1) is 6.10 Å². The number of carbonyl (C=O) groups excluding carboxylic acids is 1. The molecule has 1 saturated heterocycles. The molecule has 1 heterocycles. The number of hydrogen-bond donors (Lipinski definition) is 3. The summed E-state index contributed by atoms with van der Waals surface area (Å²) in [5.41, 5.74) is 2.35. The fourth-order valence-corrected chi connectivity index (χ4v) is 2.61. The average Bonchev–Trinajstić information content (AvgIpc) is 2.54. The fraction of sp³-hybridized carbons (Fsp3) is 0.471. The van der Waals surface area contributed by atoms with Crippen LogP contribution < -0.4 is 10.6 Å². The smallest absolute Gasteiger partial charge is 0.315 e. The van der Waals surface area contributed by atoms with E-state index in [-0.39, 0.29) is 12.1 Å². The maximum atomic E-state index is 11.6. The monoisotopic (exact) mass is 303 g/mol. The van der Waals surface area contributed by atoms with Gasteiger partial charge in [0.1, 0.15) is 0 Å². The molecule has 1 aromatic carbocycles. The van der Waals surface area contributed by atoms with E-state index in [0.717, 1.165) is 38.0 Å². The van der Waals surface area contributed by atoms with Crippen LogP contribution in [0.5, 0.6) is 0 Å². The van der Waals surface area contributed by atoms with Crippen molar-refractivity contribution in [3.8, 4) is 0 Å². The minimum absolute atomic E-state index is 0.151. The van der Waals surface area contributed by atoms with Crippen LogP contribution in [-0.4, -0.2) is 41.8 Å². The number of carbonyl (C=O) groups is 1. The summed E-state index contributed by atoms with van der Waals surface area (Å²) < 4.78 is 0. The van der Waals surface area contributed by atoms with Gasteiger partial charge >= 0.3 is 6.03 Å². The lowest BCUT2D eigenvalue weighted by atomic mass is 10.0. The summed E-state index contributed by atoms with van der Waals surface area (Å²) in [6.07, 6.45) is 3.18. The van der Waals surface area contributed by atoms with Crippen LogP contribution in [0.3, 0.4) is 0 Å². The fourth-order valence-electron chi connectivity index (χ4n) is 2.61. The van der Waals surface area contributed by atoms with Crippen molar-refractivity contribution in [1.29, 1.82) is 0 Å². The van der Waals surface area contributed by atoms with Crippen LogP contribution in [0.1, 0.15) is 24.0 Å². The van der Waals surface area contributed by atoms with Gasteiger partial charge in [0.25, 0.3) is 0 Å². The van der Waals surface area contributed by atoms with E-state index in [2.05, 4.69) is 28.2 Å². The quantitative estimate of drug-likeness (QED) is 0.700. The third kappa shape index (κ3) is 5.16. The molecule has 1 aliphatic heterocycles. The number of amides is 2. The SMILES string of the molecule is C=CCNC(=O)NCc1ccccc1CN1CCC(O)CC1. The van der Waals surface area contributed by atoms with Gasteiger partial charge in [-0.15, -0.1) is 6.58 Å². The Morgan fingerprint density at radius 1 is 1.27 bits per heavy atom. The highest BCUT2D eigenvalue weighted by Crippen LogP contribution is 2.16. The van der Waals surface area contributed by atoms with E-state index in [1.807, 2.05) is 18.2 Å². The summed E-state index contributed by atoms with van der Waals surface area (Å²) in [6.45, 7) is 7.24. The maximum Gasteiger partial charge on any atom is 0.315 e. The van der Waals surface area contributed by atoms with Gasteiger partial charge in [-0.2, -0.15) is 0 Å². The lowest BCUT2D eigenvalue weighted by Crippen LogP contribution is -2.36. The van der Waals surface area contributed by atoms with Crippen molar-refractivity contribution in [2.45, 2.75) is 32.0 Å². The number of urea groups is 1. The van der Waals surface area contributed by atoms with Crippen molar-refractivity contribution in [2.24, 2.45) is 0 Å². The summed E-state index contributed by atoms with van der Waals surface area (Å²) in [7, 11) is 0. The van der Waals surface area contributed by atoms with Crippen molar-refractivity contribution in [3.63, 3.8) is 0 Å². The van der Waals surface area contributed by atoms with Crippen molar-refractivity contribution >= 4 is 6.03 Å². The topological polar surface area (TPSA) is 64.6 Å². The molecule has 3 N–H and O–H groups in total. The van der Waals surface area contributed by atoms with E-state index in [1.165, 1.54) is 5.56 Å². The summed E-state index contributed by atoms with van der Waals surface area (Å²) in [4.78, 5) is 14.0. The van der Waals surface area contributed by atoms with Crippen molar-refractivity contribution in [2.75, 3.05) is 19.6 Å². The van der Waals surface area contributed by atoms with E-state index >= 15 is 0 Å². The van der Waals surface area contributed by atoms with Crippen molar-refractivity contribution in [1.82, 2.24) is 15.5 Å². The number of aliphatic hydroxyl groups is 1. The molecule has 2 amide bonds. The Labute approximate surface area is 132 Å². The Hall–Kier alpha value is -1.85. The third-order valence-electron chi connectivity index (χ3n) is 3.92. The molecule has 0 spiro atoms. The summed E-state index contributed by atoms with van der Waals surface area (Å²) in [5, 5.41) is 15.1. The van der Waals surface area contributed by atoms with Crippen LogP contribution in [0.2, 0.25) is 0 Å². The molecule has 5 heteroatoms. The Kier molecular flexibility index (Phi) is 6.43. The molecule has 22 heavy (non-hydrogen) atoms. The third-order valence-corrected chi connectivity index (χ3v) is 3.92. The lowest BCUT2D eigenvalue weighted by Gasteiger charge is -2.30. The molecule has 1 aliphatic rings. The normalized spacial score (nSPS) is 16.2. The second kappa shape index (κ2) is 8.56. The van der Waals surface area contributed by atoms with E-state index < -0.39 is 0 Å². The molecule has 0 radical (unpaired) electrons. The Bertz CT molecular complexity index is 496. The molecule has 0 aromatic heterocycles. The number of nitrogens with one attached hydrogen (secondary N) is 2. The largest absolute Gasteiger partial charge is 0.393 e. The van der Waals surface area contributed by atoms with Crippen LogP contribution in [-0.2, 0) is 13.1 Å². The van der Waals surface area contributed by atoms with E-state index in [0.29, 0.717) is 13.1 Å². The van der Waals surface area contributed by atoms with Crippen molar-refractivity contribution < 1.29 is 9.90 Å². The second-order valence-electron chi connectivity index (χ2n) is 5.63. The van der Waals surface area contributed by atoms with Gasteiger partial charge in [-0.25, -0.2) is 4.79 Å². The predicted molar refractivity (Wildman–Crippen MR) is 87.4 cm³/mol. The Morgan fingerprint density at radius 3 is 2.64 bits per heavy atom. The molecule has 5 nitrogen and oxygen atoms in total. The zero-order valence-corrected chi connectivity index (χ0v) is 12.9. The molecule has 0 saturated carbocycles. The molecular formula is C17H25N3O2. The standard InChI is InChI=1S/C17H25N3O2/c1-2-9-18-17(22)19-12-14-5-3-4-6-15(14)13-20-10-7-16(21)8-11-20/h2-6,16,21H,1,7-13H2,(H2,18,19,22). The van der Waals surface area contributed by atoms with Crippen LogP contribution in [0.15, 0.2) is 36.9 Å². The maximum absolute atomic E-state index is 11.6. The molecular weight excluding hydrogens is 278 g/mol. The molecule has 0 aliphatic carbocycles. The van der Waals surface area contributed by atoms with Crippen molar-refractivity contribution in [3.05, 3.63) is 48.0 Å². The van der Waals surface area contributed by atoms with Gasteiger partial charge in [-0.3, -0.25) is 4.90 Å². The van der Waals surface area contributed by atoms with Crippen LogP contribution in [0.4, 0.5) is 4.79 Å². The van der Waals surface area contributed by atoms with Gasteiger partial charge in [0, 0.05) is 32.7 Å². The first-order valence-corrected chi connectivity index (χ1v) is 7.79. The molecule has 2 rings (SSSR count). The first-order valence-electron chi connectivity index (χ1n) is 7.79. The lowest BCUT2D eigenvalue weighted by molar-refractivity contribution is 0.0791. The highest BCUT2D eigenvalue weighted by Gasteiger charge is 2.17. The van der Waals surface area contributed by atoms with Crippen LogP contribution in [0.25, 0.3) is 0 Å². The number of likely N-dealkylation sites (tertiary alicyclic amines) is 1. The highest BCUT2D eigenvalue weighted by molar-refractivity contribution is 5.73. The van der Waals surface area contributed by atoms with Crippen LogP contribution >= 0.6 is 0 Å². The number of rotatable bonds is 6. The average molecular weight is 303 g/mol. The minimum atomic E-state index is -0.184. The molecule has 0 unspecified atom stereocenters. The number of aliphatic hydroxyl groups excluding tert-OH is 1. The Morgan fingerprint density at radius 2 is 1.95 bits per heavy atom. The summed E-state index contributed by atoms with van der Waals surface area (Å²) in [5.74, 6) is 0. The van der Waals surface area contributed by atoms with Crippen LogP contribution in [0, 0.1) is 0 Å². The summed E-state index contributed by atoms with van der Waals surface area (Å²) in [6, 6.07) is 7.97. The molecule has 0 atom stereocenters. The van der Waals surface area contributed by atoms with E-state index in [1.54, 1.807) is 6.08 Å².